The molecule has 122 valence electrons. The van der Waals surface area contributed by atoms with Gasteiger partial charge in [0, 0.05) is 12.1 Å². The summed E-state index contributed by atoms with van der Waals surface area (Å²) in [6.07, 6.45) is -4.42. The second-order valence-electron chi connectivity index (χ2n) is 5.32. The fourth-order valence-electron chi connectivity index (χ4n) is 2.07. The van der Waals surface area contributed by atoms with Crippen LogP contribution in [-0.4, -0.2) is 28.6 Å². The predicted octanol–water partition coefficient (Wildman–Crippen LogP) is 3.35. The number of halogens is 3. The van der Waals surface area contributed by atoms with E-state index in [-0.39, 0.29) is 23.2 Å². The molecule has 1 aromatic carbocycles. The van der Waals surface area contributed by atoms with Crippen molar-refractivity contribution in [3.63, 3.8) is 0 Å². The minimum absolute atomic E-state index is 0.104. The Kier molecular flexibility index (Phi) is 5.01. The van der Waals surface area contributed by atoms with Gasteiger partial charge in [-0.3, -0.25) is 4.90 Å². The maximum absolute atomic E-state index is 12.7. The van der Waals surface area contributed by atoms with Crippen LogP contribution in [0.25, 0.3) is 11.4 Å². The Morgan fingerprint density at radius 3 is 2.78 bits per heavy atom. The van der Waals surface area contributed by atoms with Gasteiger partial charge in [-0.25, -0.2) is 0 Å². The number of aromatic nitrogens is 2. The summed E-state index contributed by atoms with van der Waals surface area (Å²) < 4.78 is 43.2. The highest BCUT2D eigenvalue weighted by Crippen LogP contribution is 2.31. The fraction of sp³-hybridized carbons (Fsp3) is 0.400. The quantitative estimate of drug-likeness (QED) is 0.844. The number of nitriles is 1. The first-order chi connectivity index (χ1) is 10.8. The van der Waals surface area contributed by atoms with Crippen LogP contribution in [0.3, 0.4) is 0 Å². The van der Waals surface area contributed by atoms with E-state index in [4.69, 9.17) is 9.78 Å². The van der Waals surface area contributed by atoms with Crippen molar-refractivity contribution >= 4 is 0 Å². The van der Waals surface area contributed by atoms with Crippen molar-refractivity contribution < 1.29 is 17.7 Å². The van der Waals surface area contributed by atoms with Crippen LogP contribution in [0, 0.1) is 17.2 Å². The lowest BCUT2D eigenvalue weighted by molar-refractivity contribution is -0.137. The highest BCUT2D eigenvalue weighted by atomic mass is 19.4. The van der Waals surface area contributed by atoms with Crippen LogP contribution in [0.5, 0.6) is 0 Å². The van der Waals surface area contributed by atoms with E-state index in [1.54, 1.807) is 14.0 Å². The molecule has 0 aliphatic rings. The van der Waals surface area contributed by atoms with Gasteiger partial charge >= 0.3 is 6.18 Å². The van der Waals surface area contributed by atoms with E-state index in [0.29, 0.717) is 13.1 Å². The van der Waals surface area contributed by atoms with Crippen molar-refractivity contribution in [1.82, 2.24) is 15.0 Å². The van der Waals surface area contributed by atoms with Gasteiger partial charge in [-0.2, -0.15) is 23.4 Å². The number of rotatable bonds is 5. The van der Waals surface area contributed by atoms with Gasteiger partial charge in [-0.15, -0.1) is 0 Å². The molecule has 0 aliphatic heterocycles. The lowest BCUT2D eigenvalue weighted by atomic mass is 10.1. The Labute approximate surface area is 131 Å². The van der Waals surface area contributed by atoms with Crippen molar-refractivity contribution in [3.05, 3.63) is 35.7 Å². The monoisotopic (exact) mass is 324 g/mol. The largest absolute Gasteiger partial charge is 0.416 e. The summed E-state index contributed by atoms with van der Waals surface area (Å²) in [6.45, 7) is 2.63. The second-order valence-corrected chi connectivity index (χ2v) is 5.32. The molecule has 5 nitrogen and oxygen atoms in total. The Bertz CT molecular complexity index is 705. The molecule has 0 saturated carbocycles. The van der Waals surface area contributed by atoms with Crippen LogP contribution < -0.4 is 0 Å². The first kappa shape index (κ1) is 17.0. The van der Waals surface area contributed by atoms with Gasteiger partial charge in [-0.05, 0) is 26.1 Å². The van der Waals surface area contributed by atoms with Gasteiger partial charge < -0.3 is 4.52 Å². The molecule has 23 heavy (non-hydrogen) atoms. The van der Waals surface area contributed by atoms with E-state index in [2.05, 4.69) is 16.2 Å². The third kappa shape index (κ3) is 4.53. The van der Waals surface area contributed by atoms with Gasteiger partial charge in [0.2, 0.25) is 11.7 Å². The van der Waals surface area contributed by atoms with Crippen molar-refractivity contribution in [3.8, 4) is 17.5 Å². The molecule has 2 rings (SSSR count). The molecule has 0 bridgehead atoms. The molecule has 0 N–H and O–H groups in total. The second kappa shape index (κ2) is 6.79. The average molecular weight is 324 g/mol. The molecule has 0 fully saturated rings. The standard InChI is InChI=1S/C15H15F3N4O/c1-10(7-19)8-22(2)9-13-20-14(21-23-13)11-4-3-5-12(6-11)15(16,17)18/h3-6,10H,8-9H2,1-2H3/t10-/m1/s1. The summed E-state index contributed by atoms with van der Waals surface area (Å²) in [5.74, 6) is 0.240. The van der Waals surface area contributed by atoms with E-state index < -0.39 is 11.7 Å². The molecule has 0 aliphatic carbocycles. The smallest absolute Gasteiger partial charge is 0.338 e. The van der Waals surface area contributed by atoms with Gasteiger partial charge in [-0.1, -0.05) is 17.3 Å². The fourth-order valence-corrected chi connectivity index (χ4v) is 2.07. The van der Waals surface area contributed by atoms with E-state index in [1.807, 2.05) is 4.90 Å². The number of alkyl halides is 3. The first-order valence-corrected chi connectivity index (χ1v) is 6.88. The van der Waals surface area contributed by atoms with E-state index in [1.165, 1.54) is 12.1 Å². The third-order valence-electron chi connectivity index (χ3n) is 3.13. The van der Waals surface area contributed by atoms with Crippen LogP contribution in [0.15, 0.2) is 28.8 Å². The van der Waals surface area contributed by atoms with Crippen molar-refractivity contribution in [1.29, 1.82) is 5.26 Å². The first-order valence-electron chi connectivity index (χ1n) is 6.88. The average Bonchev–Trinajstić information content (AvgIpc) is 2.94. The number of hydrogen-bond acceptors (Lipinski definition) is 5. The van der Waals surface area contributed by atoms with Crippen molar-refractivity contribution in [2.75, 3.05) is 13.6 Å². The Morgan fingerprint density at radius 2 is 2.13 bits per heavy atom. The van der Waals surface area contributed by atoms with E-state index in [9.17, 15) is 13.2 Å². The Hall–Kier alpha value is -2.40. The van der Waals surface area contributed by atoms with Crippen molar-refractivity contribution in [2.45, 2.75) is 19.6 Å². The van der Waals surface area contributed by atoms with Gasteiger partial charge in [0.25, 0.3) is 0 Å². The lowest BCUT2D eigenvalue weighted by Crippen LogP contribution is -2.23. The summed E-state index contributed by atoms with van der Waals surface area (Å²) in [5.41, 5.74) is -0.524. The minimum Gasteiger partial charge on any atom is -0.338 e. The third-order valence-corrected chi connectivity index (χ3v) is 3.13. The Morgan fingerprint density at radius 1 is 1.39 bits per heavy atom. The van der Waals surface area contributed by atoms with Gasteiger partial charge in [0.15, 0.2) is 0 Å². The van der Waals surface area contributed by atoms with E-state index >= 15 is 0 Å². The zero-order chi connectivity index (χ0) is 17.0. The summed E-state index contributed by atoms with van der Waals surface area (Å²) in [5, 5.41) is 12.5. The highest BCUT2D eigenvalue weighted by molar-refractivity contribution is 5.55. The normalized spacial score (nSPS) is 13.1. The molecular weight excluding hydrogens is 309 g/mol. The molecule has 1 atom stereocenters. The molecule has 1 heterocycles. The lowest BCUT2D eigenvalue weighted by Gasteiger charge is -2.14. The summed E-state index contributed by atoms with van der Waals surface area (Å²) in [6, 6.07) is 6.88. The van der Waals surface area contributed by atoms with Crippen LogP contribution in [0.2, 0.25) is 0 Å². The van der Waals surface area contributed by atoms with Gasteiger partial charge in [0.1, 0.15) is 0 Å². The van der Waals surface area contributed by atoms with Gasteiger partial charge in [0.05, 0.1) is 24.1 Å². The number of nitrogens with zero attached hydrogens (tertiary/aromatic N) is 4. The maximum atomic E-state index is 12.7. The molecule has 1 aromatic heterocycles. The minimum atomic E-state index is -4.42. The molecule has 0 amide bonds. The van der Waals surface area contributed by atoms with E-state index in [0.717, 1.165) is 12.1 Å². The molecule has 0 saturated heterocycles. The summed E-state index contributed by atoms with van der Waals surface area (Å²) in [4.78, 5) is 5.94. The summed E-state index contributed by atoms with van der Waals surface area (Å²) >= 11 is 0. The Balaban J connectivity index is 2.12. The molecule has 0 radical (unpaired) electrons. The molecular formula is C15H15F3N4O. The topological polar surface area (TPSA) is 66.0 Å². The SMILES string of the molecule is C[C@H](C#N)CN(C)Cc1nc(-c2cccc(C(F)(F)F)c2)no1. The molecule has 2 aromatic rings. The summed E-state index contributed by atoms with van der Waals surface area (Å²) in [7, 11) is 1.79. The zero-order valence-corrected chi connectivity index (χ0v) is 12.6. The predicted molar refractivity (Wildman–Crippen MR) is 75.8 cm³/mol. The molecule has 0 unspecified atom stereocenters. The zero-order valence-electron chi connectivity index (χ0n) is 12.6. The number of hydrogen-bond donors (Lipinski definition) is 0. The van der Waals surface area contributed by atoms with Crippen LogP contribution in [0.1, 0.15) is 18.4 Å². The molecule has 8 heteroatoms. The van der Waals surface area contributed by atoms with Crippen LogP contribution in [0.4, 0.5) is 13.2 Å². The van der Waals surface area contributed by atoms with Crippen molar-refractivity contribution in [2.24, 2.45) is 5.92 Å². The van der Waals surface area contributed by atoms with Crippen LogP contribution >= 0.6 is 0 Å². The number of benzene rings is 1. The van der Waals surface area contributed by atoms with Crippen LogP contribution in [-0.2, 0) is 12.7 Å². The molecule has 0 spiro atoms. The highest BCUT2D eigenvalue weighted by Gasteiger charge is 2.30. The maximum Gasteiger partial charge on any atom is 0.416 e.